The summed E-state index contributed by atoms with van der Waals surface area (Å²) in [5, 5.41) is 6.89. The SMILES string of the molecule is CCCCC(CC)CNC(=NC)NCc1ccc(COC2CCOCC2)cc1. The van der Waals surface area contributed by atoms with E-state index in [9.17, 15) is 0 Å². The summed E-state index contributed by atoms with van der Waals surface area (Å²) >= 11 is 0. The van der Waals surface area contributed by atoms with Gasteiger partial charge in [-0.3, -0.25) is 4.99 Å². The van der Waals surface area contributed by atoms with Gasteiger partial charge in [-0.25, -0.2) is 0 Å². The number of nitrogens with one attached hydrogen (secondary N) is 2. The van der Waals surface area contributed by atoms with E-state index in [-0.39, 0.29) is 0 Å². The average Bonchev–Trinajstić information content (AvgIpc) is 2.76. The number of benzene rings is 1. The smallest absolute Gasteiger partial charge is 0.191 e. The van der Waals surface area contributed by atoms with Crippen LogP contribution in [0.1, 0.15) is 63.5 Å². The molecule has 1 heterocycles. The van der Waals surface area contributed by atoms with Crippen LogP contribution in [0.15, 0.2) is 29.3 Å². The van der Waals surface area contributed by atoms with E-state index in [0.29, 0.717) is 18.6 Å². The normalized spacial score (nSPS) is 16.8. The molecule has 0 spiro atoms. The fourth-order valence-electron chi connectivity index (χ4n) is 3.40. The molecule has 0 aliphatic carbocycles. The van der Waals surface area contributed by atoms with Crippen LogP contribution in [-0.2, 0) is 22.6 Å². The predicted molar refractivity (Wildman–Crippen MR) is 117 cm³/mol. The van der Waals surface area contributed by atoms with Gasteiger partial charge >= 0.3 is 0 Å². The van der Waals surface area contributed by atoms with Gasteiger partial charge in [0.05, 0.1) is 12.7 Å². The zero-order valence-electron chi connectivity index (χ0n) is 18.0. The number of hydrogen-bond acceptors (Lipinski definition) is 3. The highest BCUT2D eigenvalue weighted by Crippen LogP contribution is 2.14. The fourth-order valence-corrected chi connectivity index (χ4v) is 3.40. The third kappa shape index (κ3) is 8.61. The van der Waals surface area contributed by atoms with Gasteiger partial charge in [-0.2, -0.15) is 0 Å². The Morgan fingerprint density at radius 2 is 1.86 bits per heavy atom. The molecule has 0 bridgehead atoms. The molecule has 158 valence electrons. The lowest BCUT2D eigenvalue weighted by Crippen LogP contribution is -2.39. The van der Waals surface area contributed by atoms with Crippen molar-refractivity contribution >= 4 is 5.96 Å². The second-order valence-corrected chi connectivity index (χ2v) is 7.66. The lowest BCUT2D eigenvalue weighted by atomic mass is 9.99. The molecule has 28 heavy (non-hydrogen) atoms. The van der Waals surface area contributed by atoms with Crippen LogP contribution in [0, 0.1) is 5.92 Å². The Morgan fingerprint density at radius 1 is 1.14 bits per heavy atom. The molecule has 1 aromatic carbocycles. The van der Waals surface area contributed by atoms with E-state index < -0.39 is 0 Å². The van der Waals surface area contributed by atoms with Crippen molar-refractivity contribution in [2.75, 3.05) is 26.8 Å². The first-order valence-electron chi connectivity index (χ1n) is 11.0. The number of hydrogen-bond donors (Lipinski definition) is 2. The Kier molecular flexibility index (Phi) is 11.0. The second kappa shape index (κ2) is 13.6. The Labute approximate surface area is 171 Å². The Hall–Kier alpha value is -1.59. The lowest BCUT2D eigenvalue weighted by Gasteiger charge is -2.22. The first-order chi connectivity index (χ1) is 13.7. The molecule has 1 aromatic rings. The highest BCUT2D eigenvalue weighted by molar-refractivity contribution is 5.79. The van der Waals surface area contributed by atoms with Gasteiger partial charge in [0.25, 0.3) is 0 Å². The summed E-state index contributed by atoms with van der Waals surface area (Å²) in [6.07, 6.45) is 7.41. The number of rotatable bonds is 11. The summed E-state index contributed by atoms with van der Waals surface area (Å²) in [7, 11) is 1.83. The van der Waals surface area contributed by atoms with Crippen LogP contribution in [0.3, 0.4) is 0 Å². The van der Waals surface area contributed by atoms with Gasteiger partial charge in [0.15, 0.2) is 5.96 Å². The van der Waals surface area contributed by atoms with Gasteiger partial charge in [-0.1, -0.05) is 57.4 Å². The third-order valence-corrected chi connectivity index (χ3v) is 5.46. The largest absolute Gasteiger partial charge is 0.381 e. The van der Waals surface area contributed by atoms with E-state index in [1.807, 2.05) is 7.05 Å². The number of unbranched alkanes of at least 4 members (excludes halogenated alkanes) is 1. The second-order valence-electron chi connectivity index (χ2n) is 7.66. The van der Waals surface area contributed by atoms with Gasteiger partial charge in [-0.05, 0) is 36.3 Å². The van der Waals surface area contributed by atoms with Crippen LogP contribution in [0.4, 0.5) is 0 Å². The fraction of sp³-hybridized carbons (Fsp3) is 0.696. The third-order valence-electron chi connectivity index (χ3n) is 5.46. The summed E-state index contributed by atoms with van der Waals surface area (Å²) in [5.74, 6) is 1.59. The van der Waals surface area contributed by atoms with Gasteiger partial charge in [0.2, 0.25) is 0 Å². The number of ether oxygens (including phenoxy) is 2. The van der Waals surface area contributed by atoms with Crippen LogP contribution < -0.4 is 10.6 Å². The predicted octanol–water partition coefficient (Wildman–Crippen LogP) is 4.26. The highest BCUT2D eigenvalue weighted by Gasteiger charge is 2.14. The molecule has 1 aliphatic heterocycles. The van der Waals surface area contributed by atoms with Crippen LogP contribution in [-0.4, -0.2) is 38.9 Å². The Balaban J connectivity index is 1.70. The molecule has 0 amide bonds. The van der Waals surface area contributed by atoms with Crippen molar-refractivity contribution in [3.05, 3.63) is 35.4 Å². The first kappa shape index (κ1) is 22.7. The molecule has 0 saturated carbocycles. The molecular formula is C23H39N3O2. The highest BCUT2D eigenvalue weighted by atomic mass is 16.5. The van der Waals surface area contributed by atoms with Crippen molar-refractivity contribution in [2.45, 2.75) is 71.6 Å². The van der Waals surface area contributed by atoms with Gasteiger partial charge in [0, 0.05) is 33.4 Å². The van der Waals surface area contributed by atoms with E-state index in [1.165, 1.54) is 36.8 Å². The van der Waals surface area contributed by atoms with Crippen LogP contribution in [0.5, 0.6) is 0 Å². The zero-order valence-corrected chi connectivity index (χ0v) is 18.0. The molecule has 1 saturated heterocycles. The van der Waals surface area contributed by atoms with Gasteiger partial charge in [-0.15, -0.1) is 0 Å². The van der Waals surface area contributed by atoms with Crippen molar-refractivity contribution in [3.63, 3.8) is 0 Å². The lowest BCUT2D eigenvalue weighted by molar-refractivity contribution is -0.0390. The minimum Gasteiger partial charge on any atom is -0.381 e. The molecule has 0 radical (unpaired) electrons. The van der Waals surface area contributed by atoms with Crippen molar-refractivity contribution in [1.29, 1.82) is 0 Å². The van der Waals surface area contributed by atoms with E-state index in [2.05, 4.69) is 53.7 Å². The standard InChI is InChI=1S/C23H39N3O2/c1-4-6-7-19(5-2)16-25-23(24-3)26-17-20-8-10-21(11-9-20)18-28-22-12-14-27-15-13-22/h8-11,19,22H,4-7,12-18H2,1-3H3,(H2,24,25,26). The minimum atomic E-state index is 0.341. The summed E-state index contributed by atoms with van der Waals surface area (Å²) in [4.78, 5) is 4.35. The number of nitrogens with zero attached hydrogens (tertiary/aromatic N) is 1. The van der Waals surface area contributed by atoms with E-state index in [0.717, 1.165) is 45.1 Å². The maximum atomic E-state index is 5.99. The van der Waals surface area contributed by atoms with Crippen molar-refractivity contribution < 1.29 is 9.47 Å². The summed E-state index contributed by atoms with van der Waals surface area (Å²) < 4.78 is 11.4. The summed E-state index contributed by atoms with van der Waals surface area (Å²) in [6, 6.07) is 8.65. The molecule has 5 nitrogen and oxygen atoms in total. The summed E-state index contributed by atoms with van der Waals surface area (Å²) in [5.41, 5.74) is 2.47. The molecule has 2 N–H and O–H groups in total. The number of guanidine groups is 1. The average molecular weight is 390 g/mol. The molecule has 5 heteroatoms. The van der Waals surface area contributed by atoms with Gasteiger partial charge < -0.3 is 20.1 Å². The monoisotopic (exact) mass is 389 g/mol. The molecular weight excluding hydrogens is 350 g/mol. The maximum Gasteiger partial charge on any atom is 0.191 e. The Morgan fingerprint density at radius 3 is 2.50 bits per heavy atom. The molecule has 1 aliphatic rings. The minimum absolute atomic E-state index is 0.341. The van der Waals surface area contributed by atoms with Crippen LogP contribution in [0.25, 0.3) is 0 Å². The van der Waals surface area contributed by atoms with Crippen molar-refractivity contribution in [1.82, 2.24) is 10.6 Å². The van der Waals surface area contributed by atoms with Crippen molar-refractivity contribution in [2.24, 2.45) is 10.9 Å². The molecule has 1 unspecified atom stereocenters. The van der Waals surface area contributed by atoms with Crippen LogP contribution in [0.2, 0.25) is 0 Å². The molecule has 1 fully saturated rings. The molecule has 2 rings (SSSR count). The maximum absolute atomic E-state index is 5.99. The topological polar surface area (TPSA) is 54.9 Å². The van der Waals surface area contributed by atoms with Crippen molar-refractivity contribution in [3.8, 4) is 0 Å². The molecule has 0 aromatic heterocycles. The van der Waals surface area contributed by atoms with E-state index in [1.54, 1.807) is 0 Å². The molecule has 1 atom stereocenters. The number of aliphatic imine (C=N–C) groups is 1. The quantitative estimate of drug-likeness (QED) is 0.438. The van der Waals surface area contributed by atoms with Crippen LogP contribution >= 0.6 is 0 Å². The Bertz CT molecular complexity index is 553. The first-order valence-corrected chi connectivity index (χ1v) is 11.0. The zero-order chi connectivity index (χ0) is 20.0. The summed E-state index contributed by atoms with van der Waals surface area (Å²) in [6.45, 7) is 8.60. The van der Waals surface area contributed by atoms with E-state index >= 15 is 0 Å². The van der Waals surface area contributed by atoms with Gasteiger partial charge in [0.1, 0.15) is 0 Å². The van der Waals surface area contributed by atoms with E-state index in [4.69, 9.17) is 9.47 Å².